The van der Waals surface area contributed by atoms with E-state index < -0.39 is 11.8 Å². The van der Waals surface area contributed by atoms with E-state index >= 15 is 0 Å². The van der Waals surface area contributed by atoms with Gasteiger partial charge in [0.2, 0.25) is 0 Å². The van der Waals surface area contributed by atoms with Crippen LogP contribution >= 0.6 is 11.6 Å². The number of H-pyrrole nitrogens is 1. The predicted molar refractivity (Wildman–Crippen MR) is 38.7 cm³/mol. The van der Waals surface area contributed by atoms with E-state index in [1.165, 1.54) is 0 Å². The molecule has 0 aliphatic carbocycles. The van der Waals surface area contributed by atoms with E-state index in [1.54, 1.807) is 0 Å². The zero-order valence-corrected chi connectivity index (χ0v) is 6.54. The normalized spacial score (nSPS) is 7.73. The summed E-state index contributed by atoms with van der Waals surface area (Å²) in [7, 11) is 0. The van der Waals surface area contributed by atoms with Gasteiger partial charge in [-0.05, 0) is 0 Å². The fourth-order valence-electron chi connectivity index (χ4n) is 0.342. The molecule has 4 heteroatoms. The molecule has 60 valence electrons. The average Bonchev–Trinajstić information content (AvgIpc) is 2.09. The molecule has 0 saturated heterocycles. The third kappa shape index (κ3) is 8.91. The van der Waals surface area contributed by atoms with Gasteiger partial charge in [0.25, 0.3) is 0 Å². The zero-order valence-electron chi connectivity index (χ0n) is 5.79. The molecule has 0 aliphatic rings. The third-order valence-electron chi connectivity index (χ3n) is 0.716. The maximum atomic E-state index is 9.12. The van der Waals surface area contributed by atoms with E-state index in [9.17, 15) is 0 Å². The van der Waals surface area contributed by atoms with Crippen molar-refractivity contribution in [2.24, 2.45) is 0 Å². The number of carbonyl (C=O) groups is 1. The number of aromatic amines is 1. The molecule has 3 nitrogen and oxygen atoms in total. The number of pyridine rings is 1. The molecule has 0 fully saturated rings. The number of rotatable bonds is 1. The first kappa shape index (κ1) is 9.91. The van der Waals surface area contributed by atoms with Gasteiger partial charge in [0.15, 0.2) is 12.4 Å². The average molecular weight is 174 g/mol. The van der Waals surface area contributed by atoms with Crippen LogP contribution in [0.4, 0.5) is 0 Å². The lowest BCUT2D eigenvalue weighted by molar-refractivity contribution is -0.377. The number of hydrogen-bond donors (Lipinski definition) is 0. The summed E-state index contributed by atoms with van der Waals surface area (Å²) in [6.07, 6.45) is 3.75. The summed E-state index contributed by atoms with van der Waals surface area (Å²) in [6, 6.07) is 5.86. The molecule has 1 heterocycles. The van der Waals surface area contributed by atoms with E-state index in [0.29, 0.717) is 0 Å². The lowest BCUT2D eigenvalue weighted by atomic mass is 10.5. The third-order valence-corrected chi connectivity index (χ3v) is 0.934. The molecule has 1 aromatic heterocycles. The highest BCUT2D eigenvalue weighted by atomic mass is 35.5. The highest BCUT2D eigenvalue weighted by Crippen LogP contribution is 1.68. The Labute approximate surface area is 69.6 Å². The second-order valence-corrected chi connectivity index (χ2v) is 1.85. The standard InChI is InChI=1S/C5H5N.C2H3ClO2/c1-2-4-6-5-3-1;3-1-2(4)5/h1-5H;1H2,(H,4,5). The van der Waals surface area contributed by atoms with Gasteiger partial charge in [0, 0.05) is 12.1 Å². The highest BCUT2D eigenvalue weighted by Gasteiger charge is 1.68. The molecule has 0 bridgehead atoms. The van der Waals surface area contributed by atoms with Crippen molar-refractivity contribution in [3.05, 3.63) is 30.6 Å². The number of nitrogens with one attached hydrogen (secondary N) is 1. The van der Waals surface area contributed by atoms with Crippen LogP contribution in [0.2, 0.25) is 0 Å². The Kier molecular flexibility index (Phi) is 6.33. The van der Waals surface area contributed by atoms with Gasteiger partial charge in [-0.25, -0.2) is 4.98 Å². The molecule has 0 unspecified atom stereocenters. The molecule has 1 N–H and O–H groups in total. The van der Waals surface area contributed by atoms with Gasteiger partial charge >= 0.3 is 0 Å². The summed E-state index contributed by atoms with van der Waals surface area (Å²) in [6.45, 7) is 0. The fourth-order valence-corrected chi connectivity index (χ4v) is 0.342. The van der Waals surface area contributed by atoms with Crippen LogP contribution in [-0.2, 0) is 4.79 Å². The molecular formula is C7H8ClNO2. The number of carboxylic acid groups (broad SMARTS) is 1. The molecule has 0 amide bonds. The quantitative estimate of drug-likeness (QED) is 0.537. The summed E-state index contributed by atoms with van der Waals surface area (Å²) in [5.41, 5.74) is 0. The van der Waals surface area contributed by atoms with Crippen LogP contribution < -0.4 is 10.1 Å². The number of alkyl halides is 1. The minimum Gasteiger partial charge on any atom is -0.549 e. The minimum atomic E-state index is -1.23. The molecule has 0 aromatic carbocycles. The van der Waals surface area contributed by atoms with Crippen LogP contribution in [0.3, 0.4) is 0 Å². The molecule has 0 spiro atoms. The lowest BCUT2D eigenvalue weighted by Crippen LogP contribution is -2.23. The van der Waals surface area contributed by atoms with Gasteiger partial charge in [-0.3, -0.25) is 0 Å². The number of carbonyl (C=O) groups excluding carboxylic acids is 1. The number of aliphatic carboxylic acids is 1. The van der Waals surface area contributed by atoms with Crippen LogP contribution in [0.15, 0.2) is 30.6 Å². The van der Waals surface area contributed by atoms with Gasteiger partial charge < -0.3 is 9.90 Å². The molecule has 0 aliphatic heterocycles. The van der Waals surface area contributed by atoms with Gasteiger partial charge in [-0.15, -0.1) is 11.6 Å². The minimum absolute atomic E-state index is 0.417. The van der Waals surface area contributed by atoms with Crippen LogP contribution in [0.5, 0.6) is 0 Å². The van der Waals surface area contributed by atoms with Gasteiger partial charge in [0.05, 0.1) is 11.8 Å². The van der Waals surface area contributed by atoms with Crippen molar-refractivity contribution in [1.29, 1.82) is 0 Å². The summed E-state index contributed by atoms with van der Waals surface area (Å²) in [5, 5.41) is 9.12. The van der Waals surface area contributed by atoms with Crippen molar-refractivity contribution in [3.8, 4) is 0 Å². The Morgan fingerprint density at radius 1 is 1.36 bits per heavy atom. The van der Waals surface area contributed by atoms with Crippen molar-refractivity contribution in [2.45, 2.75) is 0 Å². The van der Waals surface area contributed by atoms with E-state index in [-0.39, 0.29) is 0 Å². The monoisotopic (exact) mass is 173 g/mol. The number of carboxylic acids is 1. The van der Waals surface area contributed by atoms with E-state index in [4.69, 9.17) is 9.90 Å². The smallest absolute Gasteiger partial charge is 0.166 e. The van der Waals surface area contributed by atoms with Crippen LogP contribution in [-0.4, -0.2) is 11.8 Å². The van der Waals surface area contributed by atoms with Crippen molar-refractivity contribution < 1.29 is 14.9 Å². The summed E-state index contributed by atoms with van der Waals surface area (Å²) >= 11 is 4.67. The Morgan fingerprint density at radius 2 is 1.82 bits per heavy atom. The van der Waals surface area contributed by atoms with Crippen LogP contribution in [0, 0.1) is 0 Å². The maximum Gasteiger partial charge on any atom is 0.166 e. The topological polar surface area (TPSA) is 54.3 Å². The first-order valence-electron chi connectivity index (χ1n) is 2.94. The number of halogens is 1. The lowest BCUT2D eigenvalue weighted by Gasteiger charge is -1.85. The molecule has 0 radical (unpaired) electrons. The van der Waals surface area contributed by atoms with E-state index in [0.717, 1.165) is 0 Å². The molecule has 1 rings (SSSR count). The van der Waals surface area contributed by atoms with Gasteiger partial charge in [-0.2, -0.15) is 0 Å². The first-order valence-corrected chi connectivity index (χ1v) is 3.47. The second-order valence-electron chi connectivity index (χ2n) is 1.58. The molecule has 11 heavy (non-hydrogen) atoms. The fraction of sp³-hybridized carbons (Fsp3) is 0.143. The Balaban J connectivity index is 0.000000187. The van der Waals surface area contributed by atoms with Gasteiger partial charge in [-0.1, -0.05) is 6.07 Å². The van der Waals surface area contributed by atoms with Crippen molar-refractivity contribution in [3.63, 3.8) is 0 Å². The van der Waals surface area contributed by atoms with Gasteiger partial charge in [0.1, 0.15) is 0 Å². The summed E-state index contributed by atoms with van der Waals surface area (Å²) in [4.78, 5) is 12.0. The van der Waals surface area contributed by atoms with Crippen molar-refractivity contribution >= 4 is 17.6 Å². The largest absolute Gasteiger partial charge is 0.549 e. The first-order chi connectivity index (χ1) is 5.27. The highest BCUT2D eigenvalue weighted by molar-refractivity contribution is 6.25. The predicted octanol–water partition coefficient (Wildman–Crippen LogP) is -0.524. The van der Waals surface area contributed by atoms with Crippen LogP contribution in [0.1, 0.15) is 0 Å². The van der Waals surface area contributed by atoms with Crippen LogP contribution in [0.25, 0.3) is 0 Å². The summed E-state index contributed by atoms with van der Waals surface area (Å²) in [5.74, 6) is -1.65. The second kappa shape index (κ2) is 7.02. The number of aromatic nitrogens is 1. The zero-order chi connectivity index (χ0) is 8.53. The van der Waals surface area contributed by atoms with E-state index in [1.807, 2.05) is 30.6 Å². The van der Waals surface area contributed by atoms with E-state index in [2.05, 4.69) is 16.6 Å². The van der Waals surface area contributed by atoms with Crippen molar-refractivity contribution in [1.82, 2.24) is 0 Å². The Morgan fingerprint density at radius 3 is 1.91 bits per heavy atom. The summed E-state index contributed by atoms with van der Waals surface area (Å²) < 4.78 is 0. The van der Waals surface area contributed by atoms with Crippen molar-refractivity contribution in [2.75, 3.05) is 5.88 Å². The number of hydrogen-bond acceptors (Lipinski definition) is 2. The molecule has 0 saturated carbocycles. The maximum absolute atomic E-state index is 9.12. The Bertz CT molecular complexity index is 164. The molecular weight excluding hydrogens is 166 g/mol. The SMILES string of the molecule is O=C([O-])CCl.c1cc[nH+]cc1. The molecule has 0 atom stereocenters. The Hall–Kier alpha value is -1.09. The molecule has 1 aromatic rings.